The largest absolute Gasteiger partial charge is 0.494 e. The van der Waals surface area contributed by atoms with Gasteiger partial charge in [0, 0.05) is 0 Å². The van der Waals surface area contributed by atoms with E-state index in [9.17, 15) is 4.79 Å². The van der Waals surface area contributed by atoms with Gasteiger partial charge in [-0.1, -0.05) is 32.9 Å². The van der Waals surface area contributed by atoms with Crippen LogP contribution >= 0.6 is 0 Å². The van der Waals surface area contributed by atoms with Gasteiger partial charge in [0.2, 0.25) is 0 Å². The second kappa shape index (κ2) is 7.32. The summed E-state index contributed by atoms with van der Waals surface area (Å²) in [5.41, 5.74) is 1.87. The third-order valence-electron chi connectivity index (χ3n) is 4.13. The first-order chi connectivity index (χ1) is 11.0. The van der Waals surface area contributed by atoms with E-state index in [1.54, 1.807) is 24.3 Å². The number of ether oxygens (including phenoxy) is 2. The van der Waals surface area contributed by atoms with E-state index in [-0.39, 0.29) is 11.4 Å². The zero-order chi connectivity index (χ0) is 16.9. The van der Waals surface area contributed by atoms with Crippen molar-refractivity contribution >= 4 is 5.97 Å². The summed E-state index contributed by atoms with van der Waals surface area (Å²) < 4.78 is 10.8. The van der Waals surface area contributed by atoms with Gasteiger partial charge in [-0.15, -0.1) is 0 Å². The number of benzene rings is 2. The highest BCUT2D eigenvalue weighted by molar-refractivity contribution is 5.91. The average molecular weight is 312 g/mol. The van der Waals surface area contributed by atoms with Crippen molar-refractivity contribution in [2.75, 3.05) is 6.61 Å². The molecule has 0 saturated carbocycles. The van der Waals surface area contributed by atoms with Crippen LogP contribution in [0.15, 0.2) is 48.5 Å². The number of carbonyl (C=O) groups excluding carboxylic acids is 1. The second-order valence-corrected chi connectivity index (χ2v) is 6.11. The van der Waals surface area contributed by atoms with Gasteiger partial charge in [-0.2, -0.15) is 0 Å². The first kappa shape index (κ1) is 17.1. The lowest BCUT2D eigenvalue weighted by Crippen LogP contribution is -2.15. The molecule has 0 atom stereocenters. The van der Waals surface area contributed by atoms with Gasteiger partial charge >= 0.3 is 5.97 Å². The van der Waals surface area contributed by atoms with E-state index in [0.29, 0.717) is 17.9 Å². The van der Waals surface area contributed by atoms with E-state index in [1.165, 1.54) is 5.56 Å². The van der Waals surface area contributed by atoms with E-state index in [2.05, 4.69) is 20.8 Å². The van der Waals surface area contributed by atoms with Crippen LogP contribution in [0.2, 0.25) is 0 Å². The predicted molar refractivity (Wildman–Crippen MR) is 92.3 cm³/mol. The van der Waals surface area contributed by atoms with Crippen molar-refractivity contribution in [1.82, 2.24) is 0 Å². The molecule has 0 radical (unpaired) electrons. The van der Waals surface area contributed by atoms with Gasteiger partial charge < -0.3 is 9.47 Å². The summed E-state index contributed by atoms with van der Waals surface area (Å²) in [6, 6.07) is 14.7. The van der Waals surface area contributed by atoms with Crippen molar-refractivity contribution in [1.29, 1.82) is 0 Å². The molecule has 3 heteroatoms. The SMILES string of the molecule is CCOc1ccc(C(=O)Oc2ccc(C(C)(C)CC)cc2)cc1. The second-order valence-electron chi connectivity index (χ2n) is 6.11. The molecule has 2 aromatic carbocycles. The molecule has 0 aliphatic heterocycles. The van der Waals surface area contributed by atoms with Crippen LogP contribution in [0.25, 0.3) is 0 Å². The molecule has 2 aromatic rings. The van der Waals surface area contributed by atoms with Gasteiger partial charge in [0.1, 0.15) is 11.5 Å². The van der Waals surface area contributed by atoms with Gasteiger partial charge in [0.05, 0.1) is 12.2 Å². The fourth-order valence-electron chi connectivity index (χ4n) is 2.20. The van der Waals surface area contributed by atoms with Gasteiger partial charge in [-0.25, -0.2) is 4.79 Å². The average Bonchev–Trinajstić information content (AvgIpc) is 2.56. The topological polar surface area (TPSA) is 35.5 Å². The molecular formula is C20H24O3. The van der Waals surface area contributed by atoms with Crippen molar-refractivity contribution < 1.29 is 14.3 Å². The maximum absolute atomic E-state index is 12.2. The van der Waals surface area contributed by atoms with Crippen LogP contribution in [0.3, 0.4) is 0 Å². The highest BCUT2D eigenvalue weighted by atomic mass is 16.5. The lowest BCUT2D eigenvalue weighted by Gasteiger charge is -2.23. The van der Waals surface area contributed by atoms with Crippen molar-refractivity contribution in [2.45, 2.75) is 39.5 Å². The molecular weight excluding hydrogens is 288 g/mol. The molecule has 0 heterocycles. The van der Waals surface area contributed by atoms with E-state index in [4.69, 9.17) is 9.47 Å². The Bertz CT molecular complexity index is 640. The minimum atomic E-state index is -0.365. The smallest absolute Gasteiger partial charge is 0.343 e. The highest BCUT2D eigenvalue weighted by Crippen LogP contribution is 2.28. The number of hydrogen-bond donors (Lipinski definition) is 0. The molecule has 0 bridgehead atoms. The van der Waals surface area contributed by atoms with Gasteiger partial charge in [0.15, 0.2) is 0 Å². The van der Waals surface area contributed by atoms with E-state index < -0.39 is 0 Å². The van der Waals surface area contributed by atoms with Gasteiger partial charge in [0.25, 0.3) is 0 Å². The Balaban J connectivity index is 2.05. The summed E-state index contributed by atoms with van der Waals surface area (Å²) in [6.07, 6.45) is 1.05. The first-order valence-corrected chi connectivity index (χ1v) is 8.02. The van der Waals surface area contributed by atoms with Crippen LogP contribution in [0.5, 0.6) is 11.5 Å². The van der Waals surface area contributed by atoms with Crippen molar-refractivity contribution in [3.05, 3.63) is 59.7 Å². The van der Waals surface area contributed by atoms with Crippen LogP contribution in [0.1, 0.15) is 50.0 Å². The van der Waals surface area contributed by atoms with E-state index >= 15 is 0 Å². The van der Waals surface area contributed by atoms with Gasteiger partial charge in [-0.3, -0.25) is 0 Å². The standard InChI is InChI=1S/C20H24O3/c1-5-20(3,4)16-9-13-18(14-10-16)23-19(21)15-7-11-17(12-8-15)22-6-2/h7-14H,5-6H2,1-4H3. The summed E-state index contributed by atoms with van der Waals surface area (Å²) in [6.45, 7) is 9.09. The Kier molecular flexibility index (Phi) is 5.43. The molecule has 0 aromatic heterocycles. The maximum atomic E-state index is 12.2. The first-order valence-electron chi connectivity index (χ1n) is 8.02. The molecule has 0 saturated heterocycles. The van der Waals surface area contributed by atoms with Crippen LogP contribution in [-0.4, -0.2) is 12.6 Å². The van der Waals surface area contributed by atoms with E-state index in [0.717, 1.165) is 12.2 Å². The molecule has 0 unspecified atom stereocenters. The predicted octanol–water partition coefficient (Wildman–Crippen LogP) is 4.99. The Labute approximate surface area is 138 Å². The highest BCUT2D eigenvalue weighted by Gasteiger charge is 2.18. The van der Waals surface area contributed by atoms with Crippen LogP contribution in [0.4, 0.5) is 0 Å². The minimum Gasteiger partial charge on any atom is -0.494 e. The molecule has 0 spiro atoms. The zero-order valence-electron chi connectivity index (χ0n) is 14.3. The van der Waals surface area contributed by atoms with E-state index in [1.807, 2.05) is 31.2 Å². The molecule has 3 nitrogen and oxygen atoms in total. The Morgan fingerprint density at radius 2 is 1.48 bits per heavy atom. The Morgan fingerprint density at radius 1 is 0.913 bits per heavy atom. The zero-order valence-corrected chi connectivity index (χ0v) is 14.3. The molecule has 0 N–H and O–H groups in total. The summed E-state index contributed by atoms with van der Waals surface area (Å²) in [5.74, 6) is 0.935. The summed E-state index contributed by atoms with van der Waals surface area (Å²) in [7, 11) is 0. The molecule has 0 amide bonds. The normalized spacial score (nSPS) is 11.1. The summed E-state index contributed by atoms with van der Waals surface area (Å²) in [5, 5.41) is 0. The third kappa shape index (κ3) is 4.35. The maximum Gasteiger partial charge on any atom is 0.343 e. The lowest BCUT2D eigenvalue weighted by atomic mass is 9.82. The molecule has 0 aliphatic carbocycles. The lowest BCUT2D eigenvalue weighted by molar-refractivity contribution is 0.0734. The fourth-order valence-corrected chi connectivity index (χ4v) is 2.20. The fraction of sp³-hybridized carbons (Fsp3) is 0.350. The minimum absolute atomic E-state index is 0.123. The number of hydrogen-bond acceptors (Lipinski definition) is 3. The Morgan fingerprint density at radius 3 is 2.00 bits per heavy atom. The quantitative estimate of drug-likeness (QED) is 0.556. The Hall–Kier alpha value is -2.29. The molecule has 0 fully saturated rings. The monoisotopic (exact) mass is 312 g/mol. The molecule has 0 aliphatic rings. The summed E-state index contributed by atoms with van der Waals surface area (Å²) in [4.78, 5) is 12.2. The van der Waals surface area contributed by atoms with Gasteiger partial charge in [-0.05, 0) is 60.7 Å². The van der Waals surface area contributed by atoms with Crippen LogP contribution in [0, 0.1) is 0 Å². The van der Waals surface area contributed by atoms with Crippen LogP contribution in [-0.2, 0) is 5.41 Å². The summed E-state index contributed by atoms with van der Waals surface area (Å²) >= 11 is 0. The number of rotatable bonds is 6. The molecule has 23 heavy (non-hydrogen) atoms. The third-order valence-corrected chi connectivity index (χ3v) is 4.13. The number of esters is 1. The van der Waals surface area contributed by atoms with Crippen molar-refractivity contribution in [3.8, 4) is 11.5 Å². The van der Waals surface area contributed by atoms with Crippen molar-refractivity contribution in [3.63, 3.8) is 0 Å². The van der Waals surface area contributed by atoms with Crippen molar-refractivity contribution in [2.24, 2.45) is 0 Å². The molecule has 122 valence electrons. The number of carbonyl (C=O) groups is 1. The van der Waals surface area contributed by atoms with Crippen LogP contribution < -0.4 is 9.47 Å². The molecule has 2 rings (SSSR count).